The van der Waals surface area contributed by atoms with Gasteiger partial charge in [-0.3, -0.25) is 9.59 Å². The maximum Gasteiger partial charge on any atom is 0.243 e. The fraction of sp³-hybridized carbons (Fsp3) is 0.400. The molecule has 0 spiro atoms. The highest BCUT2D eigenvalue weighted by Gasteiger charge is 2.45. The molecule has 1 aliphatic heterocycles. The van der Waals surface area contributed by atoms with Crippen LogP contribution in [0.15, 0.2) is 34.9 Å². The van der Waals surface area contributed by atoms with Crippen molar-refractivity contribution in [3.63, 3.8) is 0 Å². The lowest BCUT2D eigenvalue weighted by atomic mass is 9.72. The van der Waals surface area contributed by atoms with E-state index in [0.717, 1.165) is 23.1 Å². The number of rotatable bonds is 6. The average molecular weight is 398 g/mol. The lowest BCUT2D eigenvalue weighted by Crippen LogP contribution is -2.45. The highest BCUT2D eigenvalue weighted by molar-refractivity contribution is 8.04. The van der Waals surface area contributed by atoms with E-state index in [1.807, 2.05) is 30.3 Å². The smallest absolute Gasteiger partial charge is 0.243 e. The summed E-state index contributed by atoms with van der Waals surface area (Å²) < 4.78 is 5.10. The summed E-state index contributed by atoms with van der Waals surface area (Å²) in [6, 6.07) is 11.4. The van der Waals surface area contributed by atoms with Crippen molar-refractivity contribution in [3.8, 4) is 17.9 Å². The van der Waals surface area contributed by atoms with E-state index in [4.69, 9.17) is 4.74 Å². The molecule has 2 N–H and O–H groups in total. The molecule has 2 atom stereocenters. The topological polar surface area (TPSA) is 115 Å². The molecule has 1 aromatic carbocycles. The van der Waals surface area contributed by atoms with Crippen LogP contribution in [-0.4, -0.2) is 24.2 Å². The van der Waals surface area contributed by atoms with Crippen molar-refractivity contribution in [1.29, 1.82) is 10.5 Å². The normalized spacial score (nSPS) is 19.1. The Morgan fingerprint density at radius 2 is 2.00 bits per heavy atom. The molecule has 0 fully saturated rings. The van der Waals surface area contributed by atoms with E-state index in [2.05, 4.69) is 16.7 Å². The summed E-state index contributed by atoms with van der Waals surface area (Å²) in [5.41, 5.74) is 0.304. The second kappa shape index (κ2) is 8.81. The predicted octanol–water partition coefficient (Wildman–Crippen LogP) is 2.46. The van der Waals surface area contributed by atoms with Gasteiger partial charge in [-0.05, 0) is 24.6 Å². The van der Waals surface area contributed by atoms with Gasteiger partial charge in [-0.2, -0.15) is 10.5 Å². The molecule has 7 nitrogen and oxygen atoms in total. The van der Waals surface area contributed by atoms with Crippen molar-refractivity contribution in [3.05, 3.63) is 40.4 Å². The molecule has 0 aromatic heterocycles. The van der Waals surface area contributed by atoms with Crippen molar-refractivity contribution >= 4 is 23.6 Å². The average Bonchev–Trinajstić information content (AvgIpc) is 2.66. The number of nitrogens with one attached hydrogen (secondary N) is 2. The molecule has 0 aliphatic carbocycles. The molecule has 2 rings (SSSR count). The second-order valence-corrected chi connectivity index (χ2v) is 8.27. The number of benzene rings is 1. The minimum atomic E-state index is -0.953. The van der Waals surface area contributed by atoms with Gasteiger partial charge < -0.3 is 15.4 Å². The Morgan fingerprint density at radius 3 is 2.54 bits per heavy atom. The van der Waals surface area contributed by atoms with E-state index in [1.54, 1.807) is 27.9 Å². The summed E-state index contributed by atoms with van der Waals surface area (Å²) in [6.07, 6.45) is 0. The number of carbonyl (C=O) groups is 2. The summed E-state index contributed by atoms with van der Waals surface area (Å²) in [6.45, 7) is 5.43. The molecule has 1 aliphatic rings. The lowest BCUT2D eigenvalue weighted by Gasteiger charge is -2.35. The summed E-state index contributed by atoms with van der Waals surface area (Å²) >= 11 is 1.10. The van der Waals surface area contributed by atoms with Crippen LogP contribution in [-0.2, 0) is 16.1 Å². The lowest BCUT2D eigenvalue weighted by molar-refractivity contribution is -0.125. The Hall–Kier alpha value is -2.97. The molecule has 146 valence electrons. The van der Waals surface area contributed by atoms with Gasteiger partial charge in [0.05, 0.1) is 35.1 Å². The van der Waals surface area contributed by atoms with Crippen molar-refractivity contribution < 1.29 is 14.3 Å². The van der Waals surface area contributed by atoms with E-state index >= 15 is 0 Å². The number of nitrogens with zero attached hydrogens (tertiary/aromatic N) is 2. The molecule has 0 unspecified atom stereocenters. The van der Waals surface area contributed by atoms with Gasteiger partial charge in [0, 0.05) is 12.0 Å². The van der Waals surface area contributed by atoms with Crippen molar-refractivity contribution in [2.45, 2.75) is 32.6 Å². The standard InChI is InChI=1S/C20H22N4O3S/c1-12(17(25)23-11-13-5-7-14(27-4)8-6-13)28-19-16(10-22)20(2,3)15(9-21)18(26)24-19/h5-8,12,15H,11H2,1-4H3,(H,23,25)(H,24,26)/t12-,15+/m1/s1. The van der Waals surface area contributed by atoms with Gasteiger partial charge in [0.25, 0.3) is 0 Å². The van der Waals surface area contributed by atoms with Gasteiger partial charge in [-0.15, -0.1) is 0 Å². The maximum absolute atomic E-state index is 12.4. The monoisotopic (exact) mass is 398 g/mol. The molecule has 0 saturated carbocycles. The largest absolute Gasteiger partial charge is 0.497 e. The first-order valence-electron chi connectivity index (χ1n) is 8.67. The highest BCUT2D eigenvalue weighted by atomic mass is 32.2. The van der Waals surface area contributed by atoms with E-state index in [9.17, 15) is 20.1 Å². The van der Waals surface area contributed by atoms with Crippen LogP contribution in [0, 0.1) is 34.0 Å². The SMILES string of the molecule is COc1ccc(CNC(=O)[C@@H](C)SC2=C(C#N)C(C)(C)[C@@H](C#N)C(=O)N2)cc1. The number of methoxy groups -OCH3 is 1. The van der Waals surface area contributed by atoms with Crippen molar-refractivity contribution in [2.24, 2.45) is 11.3 Å². The van der Waals surface area contributed by atoms with Gasteiger partial charge in [-0.25, -0.2) is 0 Å². The Morgan fingerprint density at radius 1 is 1.36 bits per heavy atom. The Bertz CT molecular complexity index is 878. The van der Waals surface area contributed by atoms with Gasteiger partial charge >= 0.3 is 0 Å². The van der Waals surface area contributed by atoms with Crippen molar-refractivity contribution in [2.75, 3.05) is 7.11 Å². The summed E-state index contributed by atoms with van der Waals surface area (Å²) in [4.78, 5) is 24.7. The number of amides is 2. The van der Waals surface area contributed by atoms with E-state index in [0.29, 0.717) is 17.1 Å². The zero-order valence-corrected chi connectivity index (χ0v) is 17.0. The van der Waals surface area contributed by atoms with Gasteiger partial charge in [-0.1, -0.05) is 37.7 Å². The summed E-state index contributed by atoms with van der Waals surface area (Å²) in [7, 11) is 1.59. The number of hydrogen-bond donors (Lipinski definition) is 2. The zero-order valence-electron chi connectivity index (χ0n) is 16.2. The fourth-order valence-electron chi connectivity index (χ4n) is 2.82. The van der Waals surface area contributed by atoms with Crippen LogP contribution in [0.25, 0.3) is 0 Å². The third kappa shape index (κ3) is 4.47. The number of nitriles is 2. The van der Waals surface area contributed by atoms with E-state index in [-0.39, 0.29) is 5.91 Å². The number of hydrogen-bond acceptors (Lipinski definition) is 6. The molecular weight excluding hydrogens is 376 g/mol. The van der Waals surface area contributed by atoms with Gasteiger partial charge in [0.1, 0.15) is 11.7 Å². The molecule has 0 bridgehead atoms. The molecule has 1 heterocycles. The van der Waals surface area contributed by atoms with Gasteiger partial charge in [0.15, 0.2) is 0 Å². The third-order valence-electron chi connectivity index (χ3n) is 4.62. The molecule has 1 aromatic rings. The maximum atomic E-state index is 12.4. The van der Waals surface area contributed by atoms with Crippen LogP contribution in [0.5, 0.6) is 5.75 Å². The van der Waals surface area contributed by atoms with Crippen LogP contribution in [0.2, 0.25) is 0 Å². The number of ether oxygens (including phenoxy) is 1. The molecule has 28 heavy (non-hydrogen) atoms. The minimum absolute atomic E-state index is 0.222. The molecule has 2 amide bonds. The van der Waals surface area contributed by atoms with Gasteiger partial charge in [0.2, 0.25) is 11.8 Å². The van der Waals surface area contributed by atoms with Crippen LogP contribution in [0.3, 0.4) is 0 Å². The molecular formula is C20H22N4O3S. The quantitative estimate of drug-likeness (QED) is 0.761. The van der Waals surface area contributed by atoms with Crippen LogP contribution < -0.4 is 15.4 Å². The van der Waals surface area contributed by atoms with Crippen LogP contribution in [0.1, 0.15) is 26.3 Å². The van der Waals surface area contributed by atoms with Crippen LogP contribution in [0.4, 0.5) is 0 Å². The first-order valence-corrected chi connectivity index (χ1v) is 9.55. The Kier molecular flexibility index (Phi) is 6.71. The fourth-order valence-corrected chi connectivity index (χ4v) is 3.95. The third-order valence-corrected chi connectivity index (χ3v) is 5.73. The molecule has 0 saturated heterocycles. The Labute approximate surface area is 168 Å². The van der Waals surface area contributed by atoms with Crippen molar-refractivity contribution in [1.82, 2.24) is 10.6 Å². The second-order valence-electron chi connectivity index (χ2n) is 6.91. The highest BCUT2D eigenvalue weighted by Crippen LogP contribution is 2.42. The summed E-state index contributed by atoms with van der Waals surface area (Å²) in [5, 5.41) is 24.1. The summed E-state index contributed by atoms with van der Waals surface area (Å²) in [5.74, 6) is -0.896. The zero-order chi connectivity index (χ0) is 20.9. The number of thioether (sulfide) groups is 1. The molecule has 0 radical (unpaired) electrons. The predicted molar refractivity (Wildman–Crippen MR) is 106 cm³/mol. The van der Waals surface area contributed by atoms with Crippen LogP contribution >= 0.6 is 11.8 Å². The minimum Gasteiger partial charge on any atom is -0.497 e. The van der Waals surface area contributed by atoms with E-state index in [1.165, 1.54) is 0 Å². The number of allylic oxidation sites excluding steroid dienone is 1. The Balaban J connectivity index is 2.07. The molecule has 8 heteroatoms. The first kappa shape index (κ1) is 21.3. The van der Waals surface area contributed by atoms with E-state index < -0.39 is 22.5 Å². The first-order chi connectivity index (χ1) is 13.2. The number of carbonyl (C=O) groups excluding carboxylic acids is 2.